The quantitative estimate of drug-likeness (QED) is 0.534. The van der Waals surface area contributed by atoms with Gasteiger partial charge in [-0.15, -0.1) is 0 Å². The highest BCUT2D eigenvalue weighted by Crippen LogP contribution is 2.33. The number of anilines is 2. The molecule has 6 nitrogen and oxygen atoms in total. The number of nitriles is 1. The number of nitrogens with zero attached hydrogens (tertiary/aromatic N) is 4. The molecule has 0 N–H and O–H groups in total. The first kappa shape index (κ1) is 23.8. The number of hydrogen-bond acceptors (Lipinski definition) is 5. The van der Waals surface area contributed by atoms with Gasteiger partial charge in [-0.2, -0.15) is 5.26 Å². The number of halogens is 1. The highest BCUT2D eigenvalue weighted by Gasteiger charge is 2.33. The molecule has 5 rings (SSSR count). The Labute approximate surface area is 211 Å². The predicted octanol–water partition coefficient (Wildman–Crippen LogP) is 4.49. The number of ether oxygens (including phenoxy) is 1. The fourth-order valence-electron chi connectivity index (χ4n) is 5.26. The van der Waals surface area contributed by atoms with Gasteiger partial charge in [-0.1, -0.05) is 18.2 Å². The van der Waals surface area contributed by atoms with Crippen molar-refractivity contribution >= 4 is 17.3 Å². The Bertz CT molecular complexity index is 1280. The lowest BCUT2D eigenvalue weighted by atomic mass is 9.94. The molecule has 0 bridgehead atoms. The smallest absolute Gasteiger partial charge is 0.258 e. The summed E-state index contributed by atoms with van der Waals surface area (Å²) in [5, 5.41) is 9.13. The van der Waals surface area contributed by atoms with E-state index in [1.807, 2.05) is 23.1 Å². The summed E-state index contributed by atoms with van der Waals surface area (Å²) in [7, 11) is 1.56. The number of methoxy groups -OCH3 is 1. The molecule has 0 radical (unpaired) electrons. The Balaban J connectivity index is 1.32. The number of carbonyl (C=O) groups is 1. The maximum atomic E-state index is 13.7. The first-order valence-electron chi connectivity index (χ1n) is 12.3. The van der Waals surface area contributed by atoms with Crippen LogP contribution >= 0.6 is 0 Å². The van der Waals surface area contributed by atoms with E-state index in [0.717, 1.165) is 56.9 Å². The van der Waals surface area contributed by atoms with Crippen LogP contribution in [0.3, 0.4) is 0 Å². The van der Waals surface area contributed by atoms with Crippen LogP contribution in [0.4, 0.5) is 15.8 Å². The van der Waals surface area contributed by atoms with Gasteiger partial charge in [0.05, 0.1) is 30.5 Å². The topological polar surface area (TPSA) is 59.8 Å². The second-order valence-electron chi connectivity index (χ2n) is 9.29. The van der Waals surface area contributed by atoms with Gasteiger partial charge in [0.25, 0.3) is 5.91 Å². The zero-order valence-corrected chi connectivity index (χ0v) is 20.4. The van der Waals surface area contributed by atoms with Gasteiger partial charge in [0.2, 0.25) is 0 Å². The van der Waals surface area contributed by atoms with Crippen molar-refractivity contribution < 1.29 is 13.9 Å². The molecule has 3 aromatic rings. The first-order chi connectivity index (χ1) is 17.6. The fourth-order valence-corrected chi connectivity index (χ4v) is 5.26. The summed E-state index contributed by atoms with van der Waals surface area (Å²) in [6.07, 6.45) is 1.83. The van der Waals surface area contributed by atoms with E-state index >= 15 is 0 Å². The van der Waals surface area contributed by atoms with Crippen LogP contribution in [0.5, 0.6) is 5.75 Å². The van der Waals surface area contributed by atoms with Crippen molar-refractivity contribution in [3.05, 3.63) is 89.2 Å². The number of rotatable bonds is 5. The summed E-state index contributed by atoms with van der Waals surface area (Å²) in [6, 6.07) is 21.8. The zero-order chi connectivity index (χ0) is 25.1. The van der Waals surface area contributed by atoms with Crippen LogP contribution in [-0.2, 0) is 6.42 Å². The van der Waals surface area contributed by atoms with Crippen molar-refractivity contribution in [3.63, 3.8) is 0 Å². The van der Waals surface area contributed by atoms with Crippen LogP contribution in [0, 0.1) is 17.1 Å². The van der Waals surface area contributed by atoms with Crippen LogP contribution < -0.4 is 14.5 Å². The molecule has 7 heteroatoms. The van der Waals surface area contributed by atoms with Gasteiger partial charge in [-0.3, -0.25) is 9.69 Å². The van der Waals surface area contributed by atoms with E-state index in [1.54, 1.807) is 37.4 Å². The van der Waals surface area contributed by atoms with E-state index in [-0.39, 0.29) is 17.8 Å². The Morgan fingerprint density at radius 3 is 2.50 bits per heavy atom. The maximum absolute atomic E-state index is 13.7. The van der Waals surface area contributed by atoms with Crippen molar-refractivity contribution in [2.24, 2.45) is 0 Å². The summed E-state index contributed by atoms with van der Waals surface area (Å²) in [5.74, 6) is 0.205. The van der Waals surface area contributed by atoms with E-state index in [2.05, 4.69) is 21.9 Å². The molecule has 1 fully saturated rings. The monoisotopic (exact) mass is 484 g/mol. The Kier molecular flexibility index (Phi) is 6.88. The molecule has 0 aliphatic carbocycles. The van der Waals surface area contributed by atoms with E-state index in [4.69, 9.17) is 10.00 Å². The van der Waals surface area contributed by atoms with Gasteiger partial charge < -0.3 is 14.5 Å². The number of aryl methyl sites for hydroxylation is 1. The van der Waals surface area contributed by atoms with Gasteiger partial charge in [0.1, 0.15) is 11.6 Å². The minimum atomic E-state index is -0.307. The minimum Gasteiger partial charge on any atom is -0.494 e. The first-order valence-corrected chi connectivity index (χ1v) is 12.3. The molecule has 0 aromatic heterocycles. The van der Waals surface area contributed by atoms with Crippen LogP contribution in [0.25, 0.3) is 0 Å². The highest BCUT2D eigenvalue weighted by molar-refractivity contribution is 6.07. The van der Waals surface area contributed by atoms with Crippen molar-refractivity contribution in [3.8, 4) is 11.8 Å². The molecule has 184 valence electrons. The highest BCUT2D eigenvalue weighted by atomic mass is 19.1. The summed E-state index contributed by atoms with van der Waals surface area (Å²) < 4.78 is 19.0. The maximum Gasteiger partial charge on any atom is 0.258 e. The average Bonchev–Trinajstić information content (AvgIpc) is 2.93. The third-order valence-corrected chi connectivity index (χ3v) is 7.17. The number of para-hydroxylation sites is 1. The lowest BCUT2D eigenvalue weighted by molar-refractivity contribution is 0.0963. The number of fused-ring (bicyclic) bond motifs is 1. The predicted molar refractivity (Wildman–Crippen MR) is 138 cm³/mol. The molecule has 36 heavy (non-hydrogen) atoms. The van der Waals surface area contributed by atoms with Crippen LogP contribution in [-0.4, -0.2) is 56.7 Å². The fraction of sp³-hybridized carbons (Fsp3) is 0.310. The third-order valence-electron chi connectivity index (χ3n) is 7.17. The molecule has 0 saturated carbocycles. The molecule has 2 heterocycles. The average molecular weight is 485 g/mol. The van der Waals surface area contributed by atoms with Crippen molar-refractivity contribution in [2.75, 3.05) is 49.6 Å². The number of hydrogen-bond donors (Lipinski definition) is 0. The standard InChI is InChI=1S/C29H29FN4O2/c1-36-28-18-24(30)11-13-27(28)33-16-14-32(15-17-33)20-25-12-10-22-4-2-3-5-26(22)34(25)29(35)23-8-6-21(19-31)7-9-23/h2-9,11,13,18,25H,10,12,14-17,20H2,1H3. The molecule has 2 aliphatic rings. The summed E-state index contributed by atoms with van der Waals surface area (Å²) in [4.78, 5) is 20.3. The normalized spacial score (nSPS) is 17.9. The summed E-state index contributed by atoms with van der Waals surface area (Å²) in [6.45, 7) is 4.07. The van der Waals surface area contributed by atoms with Crippen molar-refractivity contribution in [2.45, 2.75) is 18.9 Å². The lowest BCUT2D eigenvalue weighted by Gasteiger charge is -2.42. The largest absolute Gasteiger partial charge is 0.494 e. The molecule has 3 aromatic carbocycles. The van der Waals surface area contributed by atoms with Crippen molar-refractivity contribution in [1.29, 1.82) is 5.26 Å². The number of benzene rings is 3. The molecule has 1 unspecified atom stereocenters. The van der Waals surface area contributed by atoms with E-state index < -0.39 is 0 Å². The zero-order valence-electron chi connectivity index (χ0n) is 20.4. The van der Waals surface area contributed by atoms with Crippen molar-refractivity contribution in [1.82, 2.24) is 4.90 Å². The number of amides is 1. The molecule has 1 saturated heterocycles. The SMILES string of the molecule is COc1cc(F)ccc1N1CCN(CC2CCc3ccccc3N2C(=O)c2ccc(C#N)cc2)CC1. The van der Waals surface area contributed by atoms with Crippen LogP contribution in [0.15, 0.2) is 66.7 Å². The molecular formula is C29H29FN4O2. The Morgan fingerprint density at radius 1 is 1.03 bits per heavy atom. The van der Waals surface area contributed by atoms with Crippen LogP contribution in [0.1, 0.15) is 27.9 Å². The van der Waals surface area contributed by atoms with Gasteiger partial charge in [-0.05, 0) is 60.9 Å². The molecule has 2 aliphatic heterocycles. The molecular weight excluding hydrogens is 455 g/mol. The lowest BCUT2D eigenvalue weighted by Crippen LogP contribution is -2.54. The van der Waals surface area contributed by atoms with E-state index in [1.165, 1.54) is 17.7 Å². The third kappa shape index (κ3) is 4.77. The van der Waals surface area contributed by atoms with Crippen LogP contribution in [0.2, 0.25) is 0 Å². The van der Waals surface area contributed by atoms with Gasteiger partial charge in [0.15, 0.2) is 0 Å². The molecule has 0 spiro atoms. The summed E-state index contributed by atoms with van der Waals surface area (Å²) in [5.41, 5.74) is 4.19. The Hall–Kier alpha value is -3.89. The van der Waals surface area contributed by atoms with Gasteiger partial charge in [-0.25, -0.2) is 4.39 Å². The molecule has 1 atom stereocenters. The number of carbonyl (C=O) groups excluding carboxylic acids is 1. The minimum absolute atomic E-state index is 0.0358. The van der Waals surface area contributed by atoms with Gasteiger partial charge in [0, 0.05) is 50.0 Å². The van der Waals surface area contributed by atoms with Gasteiger partial charge >= 0.3 is 0 Å². The van der Waals surface area contributed by atoms with E-state index in [0.29, 0.717) is 16.9 Å². The van der Waals surface area contributed by atoms with E-state index in [9.17, 15) is 9.18 Å². The second kappa shape index (κ2) is 10.4. The summed E-state index contributed by atoms with van der Waals surface area (Å²) >= 11 is 0. The Morgan fingerprint density at radius 2 is 1.78 bits per heavy atom. The molecule has 1 amide bonds. The number of piperazine rings is 1. The second-order valence-corrected chi connectivity index (χ2v) is 9.29.